The summed E-state index contributed by atoms with van der Waals surface area (Å²) >= 11 is 0. The van der Waals surface area contributed by atoms with Crippen LogP contribution in [0.1, 0.15) is 40.5 Å². The molecule has 1 fully saturated rings. The predicted octanol–water partition coefficient (Wildman–Crippen LogP) is 1.43. The molecule has 2 amide bonds. The summed E-state index contributed by atoms with van der Waals surface area (Å²) < 4.78 is 0. The number of carbonyl (C=O) groups is 2. The lowest BCUT2D eigenvalue weighted by Gasteiger charge is -2.29. The zero-order chi connectivity index (χ0) is 13.2. The summed E-state index contributed by atoms with van der Waals surface area (Å²) in [6.45, 7) is 8.28. The van der Waals surface area contributed by atoms with E-state index in [4.69, 9.17) is 5.11 Å². The van der Waals surface area contributed by atoms with Gasteiger partial charge in [-0.25, -0.2) is 0 Å². The van der Waals surface area contributed by atoms with Crippen molar-refractivity contribution >= 4 is 11.8 Å². The van der Waals surface area contributed by atoms with Gasteiger partial charge < -0.3 is 5.11 Å². The van der Waals surface area contributed by atoms with Crippen molar-refractivity contribution in [3.05, 3.63) is 0 Å². The number of hydrogen-bond acceptors (Lipinski definition) is 3. The molecule has 2 atom stereocenters. The Morgan fingerprint density at radius 2 is 1.65 bits per heavy atom. The molecule has 1 saturated heterocycles. The van der Waals surface area contributed by atoms with Gasteiger partial charge in [0.1, 0.15) is 0 Å². The molecule has 2 unspecified atom stereocenters. The molecule has 4 nitrogen and oxygen atoms in total. The second kappa shape index (κ2) is 5.17. The van der Waals surface area contributed by atoms with Crippen LogP contribution < -0.4 is 0 Å². The fourth-order valence-corrected chi connectivity index (χ4v) is 2.25. The van der Waals surface area contributed by atoms with E-state index in [2.05, 4.69) is 0 Å². The zero-order valence-corrected chi connectivity index (χ0v) is 11.2. The van der Waals surface area contributed by atoms with Gasteiger partial charge in [0.15, 0.2) is 0 Å². The quantitative estimate of drug-likeness (QED) is 0.741. The summed E-state index contributed by atoms with van der Waals surface area (Å²) in [4.78, 5) is 25.3. The third-order valence-corrected chi connectivity index (χ3v) is 3.66. The van der Waals surface area contributed by atoms with Crippen LogP contribution in [0.5, 0.6) is 0 Å². The first-order valence-electron chi connectivity index (χ1n) is 6.26. The van der Waals surface area contributed by atoms with Gasteiger partial charge in [-0.3, -0.25) is 14.5 Å². The lowest BCUT2D eigenvalue weighted by atomic mass is 9.87. The molecule has 0 radical (unpaired) electrons. The van der Waals surface area contributed by atoms with E-state index >= 15 is 0 Å². The summed E-state index contributed by atoms with van der Waals surface area (Å²) in [5, 5.41) is 8.83. The smallest absolute Gasteiger partial charge is 0.232 e. The molecular formula is C13H23NO3. The summed E-state index contributed by atoms with van der Waals surface area (Å²) in [7, 11) is 0. The molecule has 98 valence electrons. The summed E-state index contributed by atoms with van der Waals surface area (Å²) in [6.07, 6.45) is 1.51. The molecular weight excluding hydrogens is 218 g/mol. The molecule has 1 aliphatic rings. The fraction of sp³-hybridized carbons (Fsp3) is 0.846. The second-order valence-electron chi connectivity index (χ2n) is 5.83. The molecule has 1 heterocycles. The van der Waals surface area contributed by atoms with E-state index in [1.165, 1.54) is 4.90 Å². The van der Waals surface area contributed by atoms with Gasteiger partial charge in [0.05, 0.1) is 0 Å². The van der Waals surface area contributed by atoms with E-state index in [1.54, 1.807) is 0 Å². The number of carbonyl (C=O) groups excluding carboxylic acids is 2. The molecule has 1 N–H and O–H groups in total. The average Bonchev–Trinajstić information content (AvgIpc) is 2.44. The van der Waals surface area contributed by atoms with Gasteiger partial charge in [0, 0.05) is 25.0 Å². The van der Waals surface area contributed by atoms with E-state index < -0.39 is 0 Å². The van der Waals surface area contributed by atoms with Crippen molar-refractivity contribution in [1.29, 1.82) is 0 Å². The number of likely N-dealkylation sites (tertiary alicyclic amines) is 1. The highest BCUT2D eigenvalue weighted by Gasteiger charge is 2.43. The Hall–Kier alpha value is -0.900. The number of rotatable bonds is 5. The van der Waals surface area contributed by atoms with Gasteiger partial charge in [-0.15, -0.1) is 0 Å². The maximum atomic E-state index is 11.9. The monoisotopic (exact) mass is 241 g/mol. The number of imide groups is 1. The predicted molar refractivity (Wildman–Crippen MR) is 65.1 cm³/mol. The summed E-state index contributed by atoms with van der Waals surface area (Å²) in [5.41, 5.74) is -0.127. The van der Waals surface area contributed by atoms with Crippen LogP contribution >= 0.6 is 0 Å². The summed E-state index contributed by atoms with van der Waals surface area (Å²) in [5.74, 6) is -0.508. The Morgan fingerprint density at radius 3 is 2.06 bits per heavy atom. The molecule has 4 heteroatoms. The topological polar surface area (TPSA) is 57.6 Å². The van der Waals surface area contributed by atoms with Gasteiger partial charge in [-0.2, -0.15) is 0 Å². The van der Waals surface area contributed by atoms with E-state index in [1.807, 2.05) is 27.7 Å². The van der Waals surface area contributed by atoms with Gasteiger partial charge in [0.25, 0.3) is 0 Å². The van der Waals surface area contributed by atoms with E-state index in [9.17, 15) is 9.59 Å². The third-order valence-electron chi connectivity index (χ3n) is 3.66. The first kappa shape index (κ1) is 14.2. The Labute approximate surface area is 103 Å². The molecule has 0 aromatic heterocycles. The fourth-order valence-electron chi connectivity index (χ4n) is 2.25. The average molecular weight is 241 g/mol. The van der Waals surface area contributed by atoms with Crippen molar-refractivity contribution in [2.75, 3.05) is 13.2 Å². The first-order valence-corrected chi connectivity index (χ1v) is 6.26. The minimum absolute atomic E-state index is 0.0560. The number of hydrogen-bond donors (Lipinski definition) is 1. The zero-order valence-electron chi connectivity index (χ0n) is 11.2. The minimum atomic E-state index is -0.198. The van der Waals surface area contributed by atoms with Crippen molar-refractivity contribution in [2.24, 2.45) is 17.3 Å². The molecule has 0 bridgehead atoms. The van der Waals surface area contributed by atoms with Crippen LogP contribution in [-0.2, 0) is 9.59 Å². The van der Waals surface area contributed by atoms with Gasteiger partial charge >= 0.3 is 0 Å². The Bertz CT molecular complexity index is 292. The van der Waals surface area contributed by atoms with E-state index in [0.717, 1.165) is 6.42 Å². The third kappa shape index (κ3) is 3.06. The van der Waals surface area contributed by atoms with Crippen LogP contribution in [0.4, 0.5) is 0 Å². The highest BCUT2D eigenvalue weighted by molar-refractivity contribution is 6.04. The van der Waals surface area contributed by atoms with Gasteiger partial charge in [0.2, 0.25) is 11.8 Å². The lowest BCUT2D eigenvalue weighted by Crippen LogP contribution is -2.39. The molecule has 17 heavy (non-hydrogen) atoms. The normalized spacial score (nSPS) is 25.8. The lowest BCUT2D eigenvalue weighted by molar-refractivity contribution is -0.141. The van der Waals surface area contributed by atoms with E-state index in [0.29, 0.717) is 13.0 Å². The van der Waals surface area contributed by atoms with Crippen LogP contribution in [-0.4, -0.2) is 35.0 Å². The Morgan fingerprint density at radius 1 is 1.18 bits per heavy atom. The van der Waals surface area contributed by atoms with Crippen molar-refractivity contribution in [3.63, 3.8) is 0 Å². The second-order valence-corrected chi connectivity index (χ2v) is 5.83. The number of aliphatic hydroxyl groups is 1. The SMILES string of the molecule is CC1C(=O)N(CC(C)(C)CCCO)C(=O)C1C. The first-order chi connectivity index (χ1) is 7.80. The Kier molecular flexibility index (Phi) is 4.31. The minimum Gasteiger partial charge on any atom is -0.396 e. The van der Waals surface area contributed by atoms with Crippen molar-refractivity contribution in [3.8, 4) is 0 Å². The van der Waals surface area contributed by atoms with Gasteiger partial charge in [-0.05, 0) is 18.3 Å². The molecule has 0 aromatic rings. The maximum Gasteiger partial charge on any atom is 0.232 e. The van der Waals surface area contributed by atoms with Gasteiger partial charge in [-0.1, -0.05) is 27.7 Å². The molecule has 0 saturated carbocycles. The highest BCUT2D eigenvalue weighted by Crippen LogP contribution is 2.31. The van der Waals surface area contributed by atoms with Crippen molar-refractivity contribution in [2.45, 2.75) is 40.5 Å². The molecule has 0 spiro atoms. The standard InChI is InChI=1S/C13H23NO3/c1-9-10(2)12(17)14(11(9)16)8-13(3,4)6-5-7-15/h9-10,15H,5-8H2,1-4H3. The van der Waals surface area contributed by atoms with Crippen molar-refractivity contribution in [1.82, 2.24) is 4.90 Å². The van der Waals surface area contributed by atoms with Crippen LogP contribution in [0.15, 0.2) is 0 Å². The number of aliphatic hydroxyl groups excluding tert-OH is 1. The molecule has 0 aliphatic carbocycles. The molecule has 1 rings (SSSR count). The van der Waals surface area contributed by atoms with Crippen LogP contribution in [0, 0.1) is 17.3 Å². The molecule has 1 aliphatic heterocycles. The number of nitrogens with zero attached hydrogens (tertiary/aromatic N) is 1. The summed E-state index contributed by atoms with van der Waals surface area (Å²) in [6, 6.07) is 0. The number of amides is 2. The van der Waals surface area contributed by atoms with Crippen LogP contribution in [0.2, 0.25) is 0 Å². The largest absolute Gasteiger partial charge is 0.396 e. The van der Waals surface area contributed by atoms with Crippen molar-refractivity contribution < 1.29 is 14.7 Å². The molecule has 0 aromatic carbocycles. The highest BCUT2D eigenvalue weighted by atomic mass is 16.3. The van der Waals surface area contributed by atoms with Crippen LogP contribution in [0.25, 0.3) is 0 Å². The van der Waals surface area contributed by atoms with Crippen LogP contribution in [0.3, 0.4) is 0 Å². The Balaban J connectivity index is 2.68. The van der Waals surface area contributed by atoms with E-state index in [-0.39, 0.29) is 35.7 Å². The maximum absolute atomic E-state index is 11.9.